The third kappa shape index (κ3) is 3.47. The number of aromatic amines is 1. The molecule has 1 aromatic heterocycles. The van der Waals surface area contributed by atoms with E-state index in [1.165, 1.54) is 0 Å². The standard InChI is InChI=1S/C11H18N2O2/c1-4-6-9-7-10(14)13-11(12-9)8(3)15-5-2/h7-8H,4-6H2,1-3H3,(H,12,13,14). The van der Waals surface area contributed by atoms with Crippen LogP contribution in [0, 0.1) is 0 Å². The Bertz CT molecular complexity index is 360. The highest BCUT2D eigenvalue weighted by atomic mass is 16.5. The number of hydrogen-bond acceptors (Lipinski definition) is 3. The number of nitrogens with zero attached hydrogens (tertiary/aromatic N) is 1. The van der Waals surface area contributed by atoms with E-state index < -0.39 is 0 Å². The van der Waals surface area contributed by atoms with Crippen LogP contribution < -0.4 is 5.56 Å². The van der Waals surface area contributed by atoms with Crippen molar-refractivity contribution in [3.05, 3.63) is 27.9 Å². The van der Waals surface area contributed by atoms with E-state index in [0.29, 0.717) is 12.4 Å². The molecule has 0 radical (unpaired) electrons. The molecule has 0 amide bonds. The summed E-state index contributed by atoms with van der Waals surface area (Å²) in [6.45, 7) is 6.49. The SMILES string of the molecule is CCCc1cc(=O)[nH]c(C(C)OCC)n1. The highest BCUT2D eigenvalue weighted by molar-refractivity contribution is 5.04. The molecule has 1 heterocycles. The van der Waals surface area contributed by atoms with Crippen LogP contribution in [0.5, 0.6) is 0 Å². The van der Waals surface area contributed by atoms with Crippen LogP contribution in [0.25, 0.3) is 0 Å². The van der Waals surface area contributed by atoms with Crippen molar-refractivity contribution in [2.45, 2.75) is 39.7 Å². The Hall–Kier alpha value is -1.16. The lowest BCUT2D eigenvalue weighted by Crippen LogP contribution is -2.16. The van der Waals surface area contributed by atoms with Crippen LogP contribution in [0.1, 0.15) is 44.8 Å². The van der Waals surface area contributed by atoms with Gasteiger partial charge in [-0.3, -0.25) is 4.79 Å². The summed E-state index contributed by atoms with van der Waals surface area (Å²) in [7, 11) is 0. The molecule has 4 nitrogen and oxygen atoms in total. The summed E-state index contributed by atoms with van der Waals surface area (Å²) in [6, 6.07) is 1.55. The number of rotatable bonds is 5. The van der Waals surface area contributed by atoms with Gasteiger partial charge in [-0.15, -0.1) is 0 Å². The van der Waals surface area contributed by atoms with Gasteiger partial charge in [-0.25, -0.2) is 4.98 Å². The van der Waals surface area contributed by atoms with Gasteiger partial charge in [0.2, 0.25) is 0 Å². The number of aromatic nitrogens is 2. The number of hydrogen-bond donors (Lipinski definition) is 1. The molecule has 1 aromatic rings. The molecule has 1 rings (SSSR count). The first kappa shape index (κ1) is 11.9. The first-order valence-electron chi connectivity index (χ1n) is 5.39. The number of nitrogens with one attached hydrogen (secondary N) is 1. The van der Waals surface area contributed by atoms with E-state index in [0.717, 1.165) is 18.5 Å². The quantitative estimate of drug-likeness (QED) is 0.806. The summed E-state index contributed by atoms with van der Waals surface area (Å²) in [5.74, 6) is 0.618. The summed E-state index contributed by atoms with van der Waals surface area (Å²) < 4.78 is 5.38. The Morgan fingerprint density at radius 1 is 1.53 bits per heavy atom. The molecule has 0 aliphatic heterocycles. The maximum Gasteiger partial charge on any atom is 0.251 e. The van der Waals surface area contributed by atoms with Gasteiger partial charge in [-0.2, -0.15) is 0 Å². The van der Waals surface area contributed by atoms with Gasteiger partial charge >= 0.3 is 0 Å². The lowest BCUT2D eigenvalue weighted by atomic mass is 10.2. The monoisotopic (exact) mass is 210 g/mol. The molecule has 0 spiro atoms. The molecule has 84 valence electrons. The molecule has 0 saturated carbocycles. The third-order valence-electron chi connectivity index (χ3n) is 2.12. The second kappa shape index (κ2) is 5.66. The van der Waals surface area contributed by atoms with Crippen LogP contribution >= 0.6 is 0 Å². The molecule has 0 fully saturated rings. The topological polar surface area (TPSA) is 55.0 Å². The second-order valence-corrected chi connectivity index (χ2v) is 3.47. The summed E-state index contributed by atoms with van der Waals surface area (Å²) in [5.41, 5.74) is 0.734. The van der Waals surface area contributed by atoms with Crippen molar-refractivity contribution in [3.63, 3.8) is 0 Å². The summed E-state index contributed by atoms with van der Waals surface area (Å²) in [4.78, 5) is 18.4. The van der Waals surface area contributed by atoms with Gasteiger partial charge in [0.1, 0.15) is 11.9 Å². The highest BCUT2D eigenvalue weighted by Crippen LogP contribution is 2.10. The average molecular weight is 210 g/mol. The number of H-pyrrole nitrogens is 1. The van der Waals surface area contributed by atoms with E-state index in [1.54, 1.807) is 6.07 Å². The van der Waals surface area contributed by atoms with Crippen LogP contribution in [-0.4, -0.2) is 16.6 Å². The predicted molar refractivity (Wildman–Crippen MR) is 58.9 cm³/mol. The first-order chi connectivity index (χ1) is 7.17. The van der Waals surface area contributed by atoms with E-state index in [4.69, 9.17) is 4.74 Å². The summed E-state index contributed by atoms with van der Waals surface area (Å²) >= 11 is 0. The van der Waals surface area contributed by atoms with Crippen LogP contribution in [0.3, 0.4) is 0 Å². The van der Waals surface area contributed by atoms with Crippen molar-refractivity contribution in [1.29, 1.82) is 0 Å². The van der Waals surface area contributed by atoms with Gasteiger partial charge in [-0.05, 0) is 20.3 Å². The molecule has 1 N–H and O–H groups in total. The van der Waals surface area contributed by atoms with Crippen molar-refractivity contribution in [2.75, 3.05) is 6.61 Å². The fourth-order valence-corrected chi connectivity index (χ4v) is 1.43. The van der Waals surface area contributed by atoms with E-state index in [1.807, 2.05) is 13.8 Å². The van der Waals surface area contributed by atoms with Gasteiger partial charge in [0.15, 0.2) is 0 Å². The van der Waals surface area contributed by atoms with Gasteiger partial charge in [-0.1, -0.05) is 13.3 Å². The maximum absolute atomic E-state index is 11.3. The van der Waals surface area contributed by atoms with Crippen molar-refractivity contribution in [1.82, 2.24) is 9.97 Å². The van der Waals surface area contributed by atoms with Crippen molar-refractivity contribution in [2.24, 2.45) is 0 Å². The minimum Gasteiger partial charge on any atom is -0.371 e. The zero-order valence-corrected chi connectivity index (χ0v) is 9.54. The predicted octanol–water partition coefficient (Wildman–Crippen LogP) is 1.82. The Labute approximate surface area is 89.7 Å². The lowest BCUT2D eigenvalue weighted by molar-refractivity contribution is 0.0697. The van der Waals surface area contributed by atoms with Gasteiger partial charge < -0.3 is 9.72 Å². The fraction of sp³-hybridized carbons (Fsp3) is 0.636. The number of aryl methyl sites for hydroxylation is 1. The molecule has 1 atom stereocenters. The summed E-state index contributed by atoms with van der Waals surface area (Å²) in [6.07, 6.45) is 1.66. The zero-order valence-electron chi connectivity index (χ0n) is 9.54. The molecule has 0 bridgehead atoms. The van der Waals surface area contributed by atoms with Crippen molar-refractivity contribution >= 4 is 0 Å². The van der Waals surface area contributed by atoms with Crippen LogP contribution in [0.2, 0.25) is 0 Å². The summed E-state index contributed by atoms with van der Waals surface area (Å²) in [5, 5.41) is 0. The Kier molecular flexibility index (Phi) is 4.49. The Morgan fingerprint density at radius 2 is 2.27 bits per heavy atom. The van der Waals surface area contributed by atoms with E-state index in [9.17, 15) is 4.79 Å². The molecular formula is C11H18N2O2. The zero-order chi connectivity index (χ0) is 11.3. The third-order valence-corrected chi connectivity index (χ3v) is 2.12. The second-order valence-electron chi connectivity index (χ2n) is 3.47. The molecular weight excluding hydrogens is 192 g/mol. The van der Waals surface area contributed by atoms with Crippen LogP contribution in [0.15, 0.2) is 10.9 Å². The fourth-order valence-electron chi connectivity index (χ4n) is 1.43. The molecule has 4 heteroatoms. The van der Waals surface area contributed by atoms with Crippen LogP contribution in [0.4, 0.5) is 0 Å². The minimum atomic E-state index is -0.153. The highest BCUT2D eigenvalue weighted by Gasteiger charge is 2.08. The lowest BCUT2D eigenvalue weighted by Gasteiger charge is -2.11. The largest absolute Gasteiger partial charge is 0.371 e. The normalized spacial score (nSPS) is 12.7. The van der Waals surface area contributed by atoms with E-state index in [2.05, 4.69) is 16.9 Å². The molecule has 0 aromatic carbocycles. The van der Waals surface area contributed by atoms with Gasteiger partial charge in [0.25, 0.3) is 5.56 Å². The minimum absolute atomic E-state index is 0.102. The first-order valence-corrected chi connectivity index (χ1v) is 5.39. The van der Waals surface area contributed by atoms with E-state index in [-0.39, 0.29) is 11.7 Å². The van der Waals surface area contributed by atoms with E-state index >= 15 is 0 Å². The molecule has 0 aliphatic carbocycles. The van der Waals surface area contributed by atoms with Crippen molar-refractivity contribution < 1.29 is 4.74 Å². The molecule has 0 saturated heterocycles. The molecule has 1 unspecified atom stereocenters. The molecule has 15 heavy (non-hydrogen) atoms. The Morgan fingerprint density at radius 3 is 2.87 bits per heavy atom. The number of ether oxygens (including phenoxy) is 1. The smallest absolute Gasteiger partial charge is 0.251 e. The maximum atomic E-state index is 11.3. The van der Waals surface area contributed by atoms with Crippen LogP contribution in [-0.2, 0) is 11.2 Å². The average Bonchev–Trinajstić information content (AvgIpc) is 2.17. The van der Waals surface area contributed by atoms with Gasteiger partial charge in [0, 0.05) is 18.4 Å². The van der Waals surface area contributed by atoms with Gasteiger partial charge in [0.05, 0.1) is 0 Å². The Balaban J connectivity index is 2.92. The van der Waals surface area contributed by atoms with Crippen molar-refractivity contribution in [3.8, 4) is 0 Å². The molecule has 0 aliphatic rings.